The van der Waals surface area contributed by atoms with E-state index in [9.17, 15) is 14.0 Å². The lowest BCUT2D eigenvalue weighted by Gasteiger charge is -2.30. The van der Waals surface area contributed by atoms with Crippen molar-refractivity contribution >= 4 is 21.9 Å². The second-order valence-electron chi connectivity index (χ2n) is 8.17. The van der Waals surface area contributed by atoms with Gasteiger partial charge in [0.15, 0.2) is 5.75 Å². The van der Waals surface area contributed by atoms with Crippen molar-refractivity contribution in [2.75, 3.05) is 27.2 Å². The molecule has 0 radical (unpaired) electrons. The first-order chi connectivity index (χ1) is 16.0. The van der Waals surface area contributed by atoms with Crippen LogP contribution in [0.15, 0.2) is 24.5 Å². The summed E-state index contributed by atoms with van der Waals surface area (Å²) in [5.74, 6) is 0.884. The number of imidazole rings is 1. The van der Waals surface area contributed by atoms with Gasteiger partial charge in [-0.2, -0.15) is 14.0 Å². The highest BCUT2D eigenvalue weighted by Crippen LogP contribution is 2.41. The third-order valence-electron chi connectivity index (χ3n) is 6.25. The van der Waals surface area contributed by atoms with Crippen molar-refractivity contribution < 1.29 is 18.3 Å². The molecule has 5 rings (SSSR count). The van der Waals surface area contributed by atoms with Crippen molar-refractivity contribution in [3.8, 4) is 29.1 Å². The zero-order chi connectivity index (χ0) is 23.1. The number of methoxy groups -OCH3 is 1. The van der Waals surface area contributed by atoms with E-state index in [0.29, 0.717) is 44.8 Å². The van der Waals surface area contributed by atoms with E-state index in [2.05, 4.69) is 38.0 Å². The minimum atomic E-state index is -2.97. The fourth-order valence-corrected chi connectivity index (χ4v) is 4.58. The maximum absolute atomic E-state index is 13.4. The minimum Gasteiger partial charge on any atom is -0.480 e. The minimum absolute atomic E-state index is 0.0999. The predicted molar refractivity (Wildman–Crippen MR) is 119 cm³/mol. The Labute approximate surface area is 188 Å². The van der Waals surface area contributed by atoms with Crippen LogP contribution >= 0.6 is 0 Å². The van der Waals surface area contributed by atoms with E-state index >= 15 is 0 Å². The molecule has 0 atom stereocenters. The molecule has 33 heavy (non-hydrogen) atoms. The first-order valence-corrected chi connectivity index (χ1v) is 10.6. The van der Waals surface area contributed by atoms with Gasteiger partial charge in [0.2, 0.25) is 5.88 Å². The number of aromatic nitrogens is 4. The number of nitrogens with one attached hydrogen (secondary N) is 2. The fraction of sp³-hybridized carbons (Fsp3) is 0.348. The quantitative estimate of drug-likeness (QED) is 0.465. The largest absolute Gasteiger partial charge is 0.480 e. The maximum Gasteiger partial charge on any atom is 0.387 e. The molecule has 2 N–H and O–H groups in total. The number of hydrogen-bond donors (Lipinski definition) is 2. The second-order valence-corrected chi connectivity index (χ2v) is 8.17. The molecule has 1 fully saturated rings. The second kappa shape index (κ2) is 8.33. The van der Waals surface area contributed by atoms with Gasteiger partial charge in [-0.05, 0) is 50.5 Å². The monoisotopic (exact) mass is 452 g/mol. The molecule has 4 aromatic rings. The average molecular weight is 452 g/mol. The third-order valence-corrected chi connectivity index (χ3v) is 6.25. The summed E-state index contributed by atoms with van der Waals surface area (Å²) in [6, 6.07) is 5.81. The molecule has 1 aromatic carbocycles. The van der Waals surface area contributed by atoms with Gasteiger partial charge in [0, 0.05) is 17.8 Å². The number of nitriles is 1. The Morgan fingerprint density at radius 1 is 1.27 bits per heavy atom. The van der Waals surface area contributed by atoms with Gasteiger partial charge in [-0.1, -0.05) is 6.07 Å². The summed E-state index contributed by atoms with van der Waals surface area (Å²) in [6.45, 7) is -1.19. The van der Waals surface area contributed by atoms with E-state index < -0.39 is 6.61 Å². The molecule has 0 spiro atoms. The molecule has 3 aromatic heterocycles. The van der Waals surface area contributed by atoms with E-state index in [1.807, 2.05) is 12.1 Å². The number of rotatable bonds is 5. The van der Waals surface area contributed by atoms with E-state index in [4.69, 9.17) is 9.47 Å². The fourth-order valence-electron chi connectivity index (χ4n) is 4.58. The molecule has 1 aliphatic rings. The Kier molecular flexibility index (Phi) is 5.34. The van der Waals surface area contributed by atoms with Gasteiger partial charge in [0.05, 0.1) is 23.7 Å². The number of hydrogen-bond acceptors (Lipinski definition) is 6. The lowest BCUT2D eigenvalue weighted by atomic mass is 9.88. The van der Waals surface area contributed by atoms with Crippen molar-refractivity contribution in [2.45, 2.75) is 25.4 Å². The van der Waals surface area contributed by atoms with Gasteiger partial charge >= 0.3 is 6.61 Å². The number of nitrogens with zero attached hydrogens (tertiary/aromatic N) is 4. The predicted octanol–water partition coefficient (Wildman–Crippen LogP) is 4.40. The van der Waals surface area contributed by atoms with E-state index in [1.165, 1.54) is 7.11 Å². The lowest BCUT2D eigenvalue weighted by Crippen LogP contribution is -2.29. The van der Waals surface area contributed by atoms with Crippen molar-refractivity contribution in [3.63, 3.8) is 0 Å². The Morgan fingerprint density at radius 2 is 2.06 bits per heavy atom. The van der Waals surface area contributed by atoms with Gasteiger partial charge in [-0.25, -0.2) is 9.97 Å². The number of halogens is 2. The number of pyridine rings is 1. The molecular weight excluding hydrogens is 430 g/mol. The Morgan fingerprint density at radius 3 is 2.76 bits per heavy atom. The molecule has 4 heterocycles. The van der Waals surface area contributed by atoms with Gasteiger partial charge in [-0.3, -0.25) is 0 Å². The Balaban J connectivity index is 1.69. The van der Waals surface area contributed by atoms with Gasteiger partial charge in [0.25, 0.3) is 0 Å². The third kappa shape index (κ3) is 3.64. The Hall–Kier alpha value is -3.71. The number of aromatic amines is 2. The molecular formula is C23H22F2N6O2. The number of H-pyrrole nitrogens is 2. The van der Waals surface area contributed by atoms with Crippen LogP contribution in [0.5, 0.6) is 11.6 Å². The molecule has 8 nitrogen and oxygen atoms in total. The maximum atomic E-state index is 13.4. The molecule has 10 heteroatoms. The highest BCUT2D eigenvalue weighted by molar-refractivity contribution is 5.99. The molecule has 0 amide bonds. The number of benzene rings is 1. The van der Waals surface area contributed by atoms with Gasteiger partial charge in [0.1, 0.15) is 23.0 Å². The summed E-state index contributed by atoms with van der Waals surface area (Å²) in [5, 5.41) is 9.99. The molecule has 0 saturated carbocycles. The van der Waals surface area contributed by atoms with Crippen LogP contribution in [0.4, 0.5) is 8.78 Å². The highest BCUT2D eigenvalue weighted by Gasteiger charge is 2.27. The molecule has 170 valence electrons. The molecule has 0 aliphatic carbocycles. The average Bonchev–Trinajstić information content (AvgIpc) is 3.43. The summed E-state index contributed by atoms with van der Waals surface area (Å²) < 4.78 is 37.3. The van der Waals surface area contributed by atoms with Gasteiger partial charge in [-0.15, -0.1) is 0 Å². The van der Waals surface area contributed by atoms with E-state index in [1.54, 1.807) is 12.4 Å². The van der Waals surface area contributed by atoms with Gasteiger partial charge < -0.3 is 24.3 Å². The lowest BCUT2D eigenvalue weighted by molar-refractivity contribution is -0.0498. The van der Waals surface area contributed by atoms with Crippen molar-refractivity contribution in [1.82, 2.24) is 24.8 Å². The molecule has 1 aliphatic heterocycles. The topological polar surface area (TPSA) is 103 Å². The summed E-state index contributed by atoms with van der Waals surface area (Å²) >= 11 is 0. The van der Waals surface area contributed by atoms with Crippen LogP contribution in [0.25, 0.3) is 33.3 Å². The number of alkyl halides is 2. The zero-order valence-corrected chi connectivity index (χ0v) is 18.2. The van der Waals surface area contributed by atoms with E-state index in [-0.39, 0.29) is 11.7 Å². The number of ether oxygens (including phenoxy) is 2. The van der Waals surface area contributed by atoms with Crippen LogP contribution in [0, 0.1) is 11.3 Å². The summed E-state index contributed by atoms with van der Waals surface area (Å²) in [5.41, 5.74) is 3.19. The Bertz CT molecular complexity index is 1370. The standard InChI is InChI=1S/C23H22F2N6O2/c1-31-7-5-12(6-8-31)14-3-4-16-19(20(14)33-23(24)25)30-21(29-16)17-18-15(11-28-22(17)32-2)13(9-26)10-27-18/h3-4,10-12,23,27H,5-8H2,1-2H3,(H,29,30). The van der Waals surface area contributed by atoms with Crippen molar-refractivity contribution in [3.05, 3.63) is 35.7 Å². The SMILES string of the molecule is COc1ncc2c(C#N)c[nH]c2c1-c1nc2c(OC(F)F)c(C3CCN(C)CC3)ccc2[nH]1. The smallest absolute Gasteiger partial charge is 0.387 e. The normalized spacial score (nSPS) is 15.4. The van der Waals surface area contributed by atoms with Crippen molar-refractivity contribution in [2.24, 2.45) is 0 Å². The molecule has 1 saturated heterocycles. The van der Waals surface area contributed by atoms with Crippen LogP contribution < -0.4 is 9.47 Å². The highest BCUT2D eigenvalue weighted by atomic mass is 19.3. The summed E-state index contributed by atoms with van der Waals surface area (Å²) in [4.78, 5) is 17.5. The van der Waals surface area contributed by atoms with Crippen LogP contribution in [0.3, 0.4) is 0 Å². The van der Waals surface area contributed by atoms with E-state index in [0.717, 1.165) is 31.5 Å². The van der Waals surface area contributed by atoms with Crippen molar-refractivity contribution in [1.29, 1.82) is 5.26 Å². The van der Waals surface area contributed by atoms with Crippen LogP contribution in [-0.2, 0) is 0 Å². The summed E-state index contributed by atoms with van der Waals surface area (Å²) in [6.07, 6.45) is 4.85. The number of likely N-dealkylation sites (tertiary alicyclic amines) is 1. The number of piperidine rings is 1. The molecule has 0 unspecified atom stereocenters. The van der Waals surface area contributed by atoms with Crippen LogP contribution in [-0.4, -0.2) is 58.7 Å². The van der Waals surface area contributed by atoms with Crippen LogP contribution in [0.2, 0.25) is 0 Å². The molecule has 0 bridgehead atoms. The zero-order valence-electron chi connectivity index (χ0n) is 18.2. The number of fused-ring (bicyclic) bond motifs is 2. The summed E-state index contributed by atoms with van der Waals surface area (Å²) in [7, 11) is 3.54. The first-order valence-electron chi connectivity index (χ1n) is 10.6. The first kappa shape index (κ1) is 21.2. The van der Waals surface area contributed by atoms with Crippen LogP contribution in [0.1, 0.15) is 29.9 Å².